The molecule has 0 saturated carbocycles. The molecule has 0 spiro atoms. The molecule has 2 aromatic heterocycles. The predicted octanol–water partition coefficient (Wildman–Crippen LogP) is 3.77. The van der Waals surface area contributed by atoms with Gasteiger partial charge in [-0.05, 0) is 31.5 Å². The summed E-state index contributed by atoms with van der Waals surface area (Å²) in [4.78, 5) is 13.0. The average Bonchev–Trinajstić information content (AvgIpc) is 2.55. The van der Waals surface area contributed by atoms with Crippen LogP contribution in [0.3, 0.4) is 0 Å². The Hall–Kier alpha value is -3.26. The molecule has 0 aliphatic heterocycles. The number of aromatic nitrogens is 3. The number of aryl methyl sites for hydroxylation is 2. The van der Waals surface area contributed by atoms with Crippen molar-refractivity contribution in [3.05, 3.63) is 65.6 Å². The van der Waals surface area contributed by atoms with Gasteiger partial charge in [-0.2, -0.15) is 5.26 Å². The van der Waals surface area contributed by atoms with Crippen molar-refractivity contribution >= 4 is 11.8 Å². The standard InChI is InChI=1S/C18H15N5/c1-12-8-13(2)22-18(21-12)23-17-15(10-19)9-16(11-20-17)14-6-4-3-5-7-14/h3-9,11H,1-2H3,(H,20,21,22,23). The van der Waals surface area contributed by atoms with Crippen LogP contribution in [0.2, 0.25) is 0 Å². The quantitative estimate of drug-likeness (QED) is 0.797. The Morgan fingerprint density at radius 1 is 0.957 bits per heavy atom. The third-order valence-corrected chi connectivity index (χ3v) is 3.33. The number of benzene rings is 1. The van der Waals surface area contributed by atoms with Crippen LogP contribution in [0, 0.1) is 25.2 Å². The van der Waals surface area contributed by atoms with Crippen LogP contribution >= 0.6 is 0 Å². The highest BCUT2D eigenvalue weighted by atomic mass is 15.1. The first-order valence-electron chi connectivity index (χ1n) is 7.20. The number of nitrogens with one attached hydrogen (secondary N) is 1. The Balaban J connectivity index is 1.96. The molecular formula is C18H15N5. The maximum atomic E-state index is 9.41. The number of pyridine rings is 1. The molecule has 5 heteroatoms. The lowest BCUT2D eigenvalue weighted by molar-refractivity contribution is 1.05. The number of nitriles is 1. The van der Waals surface area contributed by atoms with Gasteiger partial charge in [0, 0.05) is 23.1 Å². The number of rotatable bonds is 3. The van der Waals surface area contributed by atoms with Crippen LogP contribution < -0.4 is 5.32 Å². The fraction of sp³-hybridized carbons (Fsp3) is 0.111. The monoisotopic (exact) mass is 301 g/mol. The number of nitrogens with zero attached hydrogens (tertiary/aromatic N) is 4. The highest BCUT2D eigenvalue weighted by Gasteiger charge is 2.09. The minimum absolute atomic E-state index is 0.443. The first-order valence-corrected chi connectivity index (χ1v) is 7.20. The smallest absolute Gasteiger partial charge is 0.228 e. The van der Waals surface area contributed by atoms with E-state index in [0.29, 0.717) is 17.3 Å². The van der Waals surface area contributed by atoms with Crippen LogP contribution in [0.15, 0.2) is 48.7 Å². The molecule has 0 atom stereocenters. The summed E-state index contributed by atoms with van der Waals surface area (Å²) in [5.41, 5.74) is 4.09. The van der Waals surface area contributed by atoms with Crippen LogP contribution in [0.5, 0.6) is 0 Å². The molecule has 1 aromatic carbocycles. The lowest BCUT2D eigenvalue weighted by atomic mass is 10.1. The summed E-state index contributed by atoms with van der Waals surface area (Å²) in [5.74, 6) is 0.899. The van der Waals surface area contributed by atoms with Gasteiger partial charge in [-0.25, -0.2) is 15.0 Å². The lowest BCUT2D eigenvalue weighted by Gasteiger charge is -2.09. The molecule has 0 unspecified atom stereocenters. The molecule has 3 aromatic rings. The van der Waals surface area contributed by atoms with Gasteiger partial charge < -0.3 is 5.32 Å². The summed E-state index contributed by atoms with van der Waals surface area (Å²) < 4.78 is 0. The summed E-state index contributed by atoms with van der Waals surface area (Å²) >= 11 is 0. The van der Waals surface area contributed by atoms with E-state index in [1.54, 1.807) is 6.20 Å². The van der Waals surface area contributed by atoms with Gasteiger partial charge in [0.1, 0.15) is 6.07 Å². The van der Waals surface area contributed by atoms with E-state index in [0.717, 1.165) is 22.5 Å². The second kappa shape index (κ2) is 6.24. The topological polar surface area (TPSA) is 74.5 Å². The Kier molecular flexibility index (Phi) is 3.98. The Morgan fingerprint density at radius 3 is 2.30 bits per heavy atom. The van der Waals surface area contributed by atoms with Gasteiger partial charge in [-0.15, -0.1) is 0 Å². The molecule has 3 rings (SSSR count). The van der Waals surface area contributed by atoms with E-state index in [4.69, 9.17) is 0 Å². The van der Waals surface area contributed by atoms with Gasteiger partial charge in [0.05, 0.1) is 5.56 Å². The second-order valence-electron chi connectivity index (χ2n) is 5.20. The van der Waals surface area contributed by atoms with Crippen molar-refractivity contribution in [2.24, 2.45) is 0 Å². The molecule has 112 valence electrons. The molecular weight excluding hydrogens is 286 g/mol. The highest BCUT2D eigenvalue weighted by molar-refractivity contribution is 5.69. The van der Waals surface area contributed by atoms with E-state index in [-0.39, 0.29) is 0 Å². The summed E-state index contributed by atoms with van der Waals surface area (Å²) in [5, 5.41) is 12.4. The van der Waals surface area contributed by atoms with Gasteiger partial charge in [-0.1, -0.05) is 30.3 Å². The van der Waals surface area contributed by atoms with Crippen molar-refractivity contribution in [1.29, 1.82) is 5.26 Å². The van der Waals surface area contributed by atoms with Crippen LogP contribution in [0.25, 0.3) is 11.1 Å². The van der Waals surface area contributed by atoms with Gasteiger partial charge in [0.15, 0.2) is 5.82 Å². The Bertz CT molecular complexity index is 861. The Morgan fingerprint density at radius 2 is 1.65 bits per heavy atom. The number of hydrogen-bond donors (Lipinski definition) is 1. The molecule has 0 aliphatic carbocycles. The zero-order valence-corrected chi connectivity index (χ0v) is 12.9. The van der Waals surface area contributed by atoms with E-state index in [9.17, 15) is 5.26 Å². The van der Waals surface area contributed by atoms with Crippen molar-refractivity contribution in [3.8, 4) is 17.2 Å². The molecule has 0 bridgehead atoms. The molecule has 0 fully saturated rings. The van der Waals surface area contributed by atoms with Crippen LogP contribution in [0.1, 0.15) is 17.0 Å². The maximum Gasteiger partial charge on any atom is 0.228 e. The van der Waals surface area contributed by atoms with E-state index < -0.39 is 0 Å². The average molecular weight is 301 g/mol. The molecule has 0 saturated heterocycles. The fourth-order valence-corrected chi connectivity index (χ4v) is 2.33. The third kappa shape index (κ3) is 3.33. The van der Waals surface area contributed by atoms with Gasteiger partial charge >= 0.3 is 0 Å². The SMILES string of the molecule is Cc1cc(C)nc(Nc2ncc(-c3ccccc3)cc2C#N)n1. The Labute approximate surface area is 134 Å². The third-order valence-electron chi connectivity index (χ3n) is 3.33. The van der Waals surface area contributed by atoms with Crippen molar-refractivity contribution in [2.75, 3.05) is 5.32 Å². The van der Waals surface area contributed by atoms with Crippen molar-refractivity contribution in [3.63, 3.8) is 0 Å². The summed E-state index contributed by atoms with van der Waals surface area (Å²) in [6.07, 6.45) is 1.74. The molecule has 2 heterocycles. The van der Waals surface area contributed by atoms with Gasteiger partial charge in [0.25, 0.3) is 0 Å². The summed E-state index contributed by atoms with van der Waals surface area (Å²) in [6, 6.07) is 15.7. The summed E-state index contributed by atoms with van der Waals surface area (Å²) in [6.45, 7) is 3.80. The zero-order valence-electron chi connectivity index (χ0n) is 12.9. The predicted molar refractivity (Wildman–Crippen MR) is 89.2 cm³/mol. The van der Waals surface area contributed by atoms with Crippen LogP contribution in [-0.4, -0.2) is 15.0 Å². The lowest BCUT2D eigenvalue weighted by Crippen LogP contribution is -2.03. The maximum absolute atomic E-state index is 9.41. The molecule has 23 heavy (non-hydrogen) atoms. The van der Waals surface area contributed by atoms with Crippen molar-refractivity contribution in [2.45, 2.75) is 13.8 Å². The molecule has 0 aliphatic rings. The van der Waals surface area contributed by atoms with E-state index in [1.807, 2.05) is 56.3 Å². The van der Waals surface area contributed by atoms with Crippen molar-refractivity contribution in [1.82, 2.24) is 15.0 Å². The normalized spacial score (nSPS) is 10.1. The molecule has 0 amide bonds. The van der Waals surface area contributed by atoms with Gasteiger partial charge in [0.2, 0.25) is 5.95 Å². The van der Waals surface area contributed by atoms with Crippen LogP contribution in [-0.2, 0) is 0 Å². The first-order chi connectivity index (χ1) is 11.2. The second-order valence-corrected chi connectivity index (χ2v) is 5.20. The first kappa shape index (κ1) is 14.7. The van der Waals surface area contributed by atoms with Crippen molar-refractivity contribution < 1.29 is 0 Å². The van der Waals surface area contributed by atoms with Crippen LogP contribution in [0.4, 0.5) is 11.8 Å². The minimum atomic E-state index is 0.443. The molecule has 1 N–H and O–H groups in total. The summed E-state index contributed by atoms with van der Waals surface area (Å²) in [7, 11) is 0. The molecule has 0 radical (unpaired) electrons. The number of anilines is 2. The molecule has 5 nitrogen and oxygen atoms in total. The highest BCUT2D eigenvalue weighted by Crippen LogP contribution is 2.23. The van der Waals surface area contributed by atoms with E-state index >= 15 is 0 Å². The van der Waals surface area contributed by atoms with E-state index in [2.05, 4.69) is 26.3 Å². The number of hydrogen-bond acceptors (Lipinski definition) is 5. The zero-order chi connectivity index (χ0) is 16.2. The largest absolute Gasteiger partial charge is 0.308 e. The van der Waals surface area contributed by atoms with E-state index in [1.165, 1.54) is 0 Å². The fourth-order valence-electron chi connectivity index (χ4n) is 2.33. The minimum Gasteiger partial charge on any atom is -0.308 e. The van der Waals surface area contributed by atoms with Gasteiger partial charge in [-0.3, -0.25) is 0 Å².